The predicted molar refractivity (Wildman–Crippen MR) is 81.6 cm³/mol. The molecule has 112 valence electrons. The Labute approximate surface area is 132 Å². The van der Waals surface area contributed by atoms with Crippen molar-refractivity contribution in [3.8, 4) is 17.0 Å². The van der Waals surface area contributed by atoms with Gasteiger partial charge in [-0.1, -0.05) is 46.3 Å². The predicted octanol–water partition coefficient (Wildman–Crippen LogP) is 5.56. The lowest BCUT2D eigenvalue weighted by Crippen LogP contribution is -2.17. The molecule has 0 unspecified atom stereocenters. The van der Waals surface area contributed by atoms with Crippen molar-refractivity contribution in [2.45, 2.75) is 6.36 Å². The molecule has 3 rings (SSSR count). The van der Waals surface area contributed by atoms with Gasteiger partial charge in [0.15, 0.2) is 0 Å². The van der Waals surface area contributed by atoms with Gasteiger partial charge in [0.2, 0.25) is 0 Å². The lowest BCUT2D eigenvalue weighted by Gasteiger charge is -2.10. The Morgan fingerprint density at radius 3 is 2.36 bits per heavy atom. The fourth-order valence-corrected chi connectivity index (χ4v) is 2.67. The number of rotatable bonds is 2. The Morgan fingerprint density at radius 2 is 1.68 bits per heavy atom. The van der Waals surface area contributed by atoms with Crippen molar-refractivity contribution in [1.29, 1.82) is 0 Å². The third-order valence-corrected chi connectivity index (χ3v) is 3.69. The molecule has 6 heteroatoms. The molecule has 0 saturated heterocycles. The maximum Gasteiger partial charge on any atom is 0.573 e. The van der Waals surface area contributed by atoms with Crippen molar-refractivity contribution in [1.82, 2.24) is 4.98 Å². The molecular formula is C16H9BrF3NO. The fourth-order valence-electron chi connectivity index (χ4n) is 2.12. The van der Waals surface area contributed by atoms with Crippen LogP contribution in [0.4, 0.5) is 13.2 Å². The molecule has 0 bridgehead atoms. The number of halogens is 4. The highest BCUT2D eigenvalue weighted by atomic mass is 79.9. The standard InChI is InChI=1S/C16H9BrF3NO/c17-13-9-14(10-4-2-1-3-5-10)21-15-8-11(6-7-12(13)15)22-16(18,19)20/h1-9H. The summed E-state index contributed by atoms with van der Waals surface area (Å²) in [6, 6.07) is 15.3. The Morgan fingerprint density at radius 1 is 0.955 bits per heavy atom. The molecule has 1 heterocycles. The number of hydrogen-bond acceptors (Lipinski definition) is 2. The van der Waals surface area contributed by atoms with E-state index in [1.54, 1.807) is 6.07 Å². The molecule has 0 aliphatic carbocycles. The molecule has 2 nitrogen and oxygen atoms in total. The minimum Gasteiger partial charge on any atom is -0.406 e. The van der Waals surface area contributed by atoms with Gasteiger partial charge in [-0.25, -0.2) is 4.98 Å². The first-order valence-electron chi connectivity index (χ1n) is 6.34. The van der Waals surface area contributed by atoms with Crippen molar-refractivity contribution in [3.63, 3.8) is 0 Å². The van der Waals surface area contributed by atoms with E-state index in [-0.39, 0.29) is 5.75 Å². The number of hydrogen-bond donors (Lipinski definition) is 0. The van der Waals surface area contributed by atoms with E-state index in [0.717, 1.165) is 10.0 Å². The Hall–Kier alpha value is -2.08. The van der Waals surface area contributed by atoms with Gasteiger partial charge in [0.1, 0.15) is 5.75 Å². The van der Waals surface area contributed by atoms with Crippen molar-refractivity contribution in [3.05, 3.63) is 59.1 Å². The highest BCUT2D eigenvalue weighted by Crippen LogP contribution is 2.32. The molecule has 1 aromatic heterocycles. The van der Waals surface area contributed by atoms with Gasteiger partial charge < -0.3 is 4.74 Å². The zero-order chi connectivity index (χ0) is 15.7. The summed E-state index contributed by atoms with van der Waals surface area (Å²) in [5.74, 6) is -0.287. The Balaban J connectivity index is 2.11. The van der Waals surface area contributed by atoms with E-state index in [1.165, 1.54) is 12.1 Å². The number of aromatic nitrogens is 1. The first kappa shape index (κ1) is 14.8. The molecular weight excluding hydrogens is 359 g/mol. The van der Waals surface area contributed by atoms with Gasteiger partial charge in [0.05, 0.1) is 11.2 Å². The Bertz CT molecular complexity index is 819. The van der Waals surface area contributed by atoms with E-state index in [9.17, 15) is 13.2 Å². The van der Waals surface area contributed by atoms with Crippen molar-refractivity contribution in [2.24, 2.45) is 0 Å². The average Bonchev–Trinajstić information content (AvgIpc) is 2.46. The van der Waals surface area contributed by atoms with Gasteiger partial charge in [0.25, 0.3) is 0 Å². The largest absolute Gasteiger partial charge is 0.573 e. The van der Waals surface area contributed by atoms with Crippen LogP contribution in [-0.4, -0.2) is 11.3 Å². The molecule has 0 aliphatic rings. The summed E-state index contributed by atoms with van der Waals surface area (Å²) in [7, 11) is 0. The van der Waals surface area contributed by atoms with Crippen LogP contribution >= 0.6 is 15.9 Å². The van der Waals surface area contributed by atoms with Crippen LogP contribution in [0.2, 0.25) is 0 Å². The first-order chi connectivity index (χ1) is 10.4. The summed E-state index contributed by atoms with van der Waals surface area (Å²) in [6.45, 7) is 0. The van der Waals surface area contributed by atoms with Crippen LogP contribution in [0.25, 0.3) is 22.2 Å². The molecule has 3 aromatic rings. The zero-order valence-electron chi connectivity index (χ0n) is 11.1. The maximum absolute atomic E-state index is 12.3. The summed E-state index contributed by atoms with van der Waals surface area (Å²) in [5, 5.41) is 0.717. The van der Waals surface area contributed by atoms with E-state index in [4.69, 9.17) is 0 Å². The molecule has 0 radical (unpaired) electrons. The SMILES string of the molecule is FC(F)(F)Oc1ccc2c(Br)cc(-c3ccccc3)nc2c1. The summed E-state index contributed by atoms with van der Waals surface area (Å²) in [5.41, 5.74) is 1.98. The van der Waals surface area contributed by atoms with Crippen LogP contribution in [-0.2, 0) is 0 Å². The average molecular weight is 368 g/mol. The first-order valence-corrected chi connectivity index (χ1v) is 7.13. The number of pyridine rings is 1. The molecule has 0 atom stereocenters. The van der Waals surface area contributed by atoms with Crippen LogP contribution in [0, 0.1) is 0 Å². The van der Waals surface area contributed by atoms with E-state index in [2.05, 4.69) is 25.7 Å². The highest BCUT2D eigenvalue weighted by Gasteiger charge is 2.31. The zero-order valence-corrected chi connectivity index (χ0v) is 12.6. The highest BCUT2D eigenvalue weighted by molar-refractivity contribution is 9.10. The monoisotopic (exact) mass is 367 g/mol. The lowest BCUT2D eigenvalue weighted by atomic mass is 10.1. The second-order valence-corrected chi connectivity index (χ2v) is 5.44. The van der Waals surface area contributed by atoms with Crippen molar-refractivity contribution >= 4 is 26.8 Å². The van der Waals surface area contributed by atoms with Crippen molar-refractivity contribution < 1.29 is 17.9 Å². The summed E-state index contributed by atoms with van der Waals surface area (Å²) in [4.78, 5) is 4.42. The number of ether oxygens (including phenoxy) is 1. The smallest absolute Gasteiger partial charge is 0.406 e. The van der Waals surface area contributed by atoms with Crippen LogP contribution in [0.15, 0.2) is 59.1 Å². The molecule has 0 amide bonds. The Kier molecular flexibility index (Phi) is 3.78. The molecule has 0 N–H and O–H groups in total. The quantitative estimate of drug-likeness (QED) is 0.591. The van der Waals surface area contributed by atoms with Crippen LogP contribution in [0.1, 0.15) is 0 Å². The molecule has 2 aromatic carbocycles. The molecule has 0 saturated carbocycles. The minimum atomic E-state index is -4.72. The molecule has 0 fully saturated rings. The normalized spacial score (nSPS) is 11.6. The van der Waals surface area contributed by atoms with E-state index in [1.807, 2.05) is 36.4 Å². The third-order valence-electron chi connectivity index (χ3n) is 3.03. The summed E-state index contributed by atoms with van der Waals surface area (Å²) in [6.07, 6.45) is -4.72. The molecule has 0 aliphatic heterocycles. The van der Waals surface area contributed by atoms with Gasteiger partial charge in [-0.05, 0) is 18.2 Å². The third kappa shape index (κ3) is 3.22. The van der Waals surface area contributed by atoms with E-state index < -0.39 is 6.36 Å². The maximum atomic E-state index is 12.3. The van der Waals surface area contributed by atoms with Gasteiger partial charge in [-0.2, -0.15) is 0 Å². The molecule has 0 spiro atoms. The van der Waals surface area contributed by atoms with Gasteiger partial charge >= 0.3 is 6.36 Å². The van der Waals surface area contributed by atoms with E-state index in [0.29, 0.717) is 16.6 Å². The topological polar surface area (TPSA) is 22.1 Å². The summed E-state index contributed by atoms with van der Waals surface area (Å²) < 4.78 is 41.6. The lowest BCUT2D eigenvalue weighted by molar-refractivity contribution is -0.274. The molecule has 22 heavy (non-hydrogen) atoms. The van der Waals surface area contributed by atoms with Crippen LogP contribution in [0.3, 0.4) is 0 Å². The van der Waals surface area contributed by atoms with Crippen molar-refractivity contribution in [2.75, 3.05) is 0 Å². The van der Waals surface area contributed by atoms with Crippen LogP contribution in [0.5, 0.6) is 5.75 Å². The summed E-state index contributed by atoms with van der Waals surface area (Å²) >= 11 is 3.43. The second-order valence-electron chi connectivity index (χ2n) is 4.58. The van der Waals surface area contributed by atoms with Gasteiger partial charge in [0, 0.05) is 21.5 Å². The van der Waals surface area contributed by atoms with Crippen LogP contribution < -0.4 is 4.74 Å². The van der Waals surface area contributed by atoms with Gasteiger partial charge in [-0.15, -0.1) is 13.2 Å². The fraction of sp³-hybridized carbons (Fsp3) is 0.0625. The minimum absolute atomic E-state index is 0.287. The van der Waals surface area contributed by atoms with Gasteiger partial charge in [-0.3, -0.25) is 0 Å². The number of nitrogens with zero attached hydrogens (tertiary/aromatic N) is 1. The number of alkyl halides is 3. The second kappa shape index (κ2) is 5.61. The number of benzene rings is 2. The van der Waals surface area contributed by atoms with E-state index >= 15 is 0 Å². The number of fused-ring (bicyclic) bond motifs is 1.